The van der Waals surface area contributed by atoms with Gasteiger partial charge in [0, 0.05) is 26.2 Å². The van der Waals surface area contributed by atoms with E-state index in [9.17, 15) is 13.2 Å². The van der Waals surface area contributed by atoms with Crippen LogP contribution < -0.4 is 9.47 Å². The molecule has 0 unspecified atom stereocenters. The molecule has 0 N–H and O–H groups in total. The Morgan fingerprint density at radius 1 is 0.935 bits per heavy atom. The summed E-state index contributed by atoms with van der Waals surface area (Å²) in [6.07, 6.45) is 0. The molecule has 1 saturated heterocycles. The van der Waals surface area contributed by atoms with Crippen molar-refractivity contribution in [3.05, 3.63) is 52.6 Å². The van der Waals surface area contributed by atoms with Gasteiger partial charge in [0.1, 0.15) is 0 Å². The number of rotatable bonds is 6. The summed E-state index contributed by atoms with van der Waals surface area (Å²) < 4.78 is 39.1. The van der Waals surface area contributed by atoms with E-state index >= 15 is 0 Å². The number of hydrogen-bond acceptors (Lipinski definition) is 5. The maximum atomic E-state index is 13.4. The molecule has 0 bridgehead atoms. The van der Waals surface area contributed by atoms with Crippen molar-refractivity contribution in [3.63, 3.8) is 0 Å². The van der Waals surface area contributed by atoms with Gasteiger partial charge in [0.25, 0.3) is 5.91 Å². The number of carbonyl (C=O) groups is 1. The highest BCUT2D eigenvalue weighted by Gasteiger charge is 2.33. The van der Waals surface area contributed by atoms with Gasteiger partial charge in [-0.25, -0.2) is 8.42 Å². The van der Waals surface area contributed by atoms with Crippen LogP contribution >= 0.6 is 0 Å². The van der Waals surface area contributed by atoms with Crippen LogP contribution in [0.3, 0.4) is 0 Å². The summed E-state index contributed by atoms with van der Waals surface area (Å²) in [7, 11) is -2.09. The molecule has 0 radical (unpaired) electrons. The Bertz CT molecular complexity index is 1050. The Balaban J connectivity index is 1.66. The van der Waals surface area contributed by atoms with Crippen LogP contribution in [-0.4, -0.2) is 63.4 Å². The molecule has 7 nitrogen and oxygen atoms in total. The van der Waals surface area contributed by atoms with Crippen LogP contribution in [0.4, 0.5) is 0 Å². The van der Waals surface area contributed by atoms with Crippen molar-refractivity contribution in [1.29, 1.82) is 0 Å². The molecule has 1 aliphatic heterocycles. The highest BCUT2D eigenvalue weighted by molar-refractivity contribution is 7.89. The van der Waals surface area contributed by atoms with Gasteiger partial charge in [0.05, 0.1) is 12.0 Å². The summed E-state index contributed by atoms with van der Waals surface area (Å²) in [4.78, 5) is 14.6. The molecule has 0 aliphatic carbocycles. The van der Waals surface area contributed by atoms with E-state index in [4.69, 9.17) is 9.47 Å². The maximum Gasteiger partial charge on any atom is 0.260 e. The van der Waals surface area contributed by atoms with Crippen LogP contribution in [0.2, 0.25) is 0 Å². The van der Waals surface area contributed by atoms with Gasteiger partial charge in [-0.1, -0.05) is 18.2 Å². The number of ether oxygens (including phenoxy) is 2. The first-order chi connectivity index (χ1) is 14.7. The molecule has 0 atom stereocenters. The molecule has 1 amide bonds. The summed E-state index contributed by atoms with van der Waals surface area (Å²) in [5.41, 5.74) is 3.49. The molecule has 31 heavy (non-hydrogen) atoms. The Morgan fingerprint density at radius 3 is 2.03 bits per heavy atom. The molecule has 2 aromatic rings. The van der Waals surface area contributed by atoms with Crippen molar-refractivity contribution in [2.45, 2.75) is 32.6 Å². The monoisotopic (exact) mass is 446 g/mol. The molecule has 3 rings (SSSR count). The van der Waals surface area contributed by atoms with Gasteiger partial charge in [0.15, 0.2) is 18.1 Å². The van der Waals surface area contributed by atoms with Crippen LogP contribution in [0.1, 0.15) is 22.3 Å². The molecule has 8 heteroatoms. The van der Waals surface area contributed by atoms with Gasteiger partial charge in [0.2, 0.25) is 10.0 Å². The van der Waals surface area contributed by atoms with E-state index in [1.54, 1.807) is 24.1 Å². The van der Waals surface area contributed by atoms with E-state index in [1.165, 1.54) is 4.31 Å². The number of para-hydroxylation sites is 2. The molecule has 0 aromatic heterocycles. The third-order valence-corrected chi connectivity index (χ3v) is 8.08. The fourth-order valence-electron chi connectivity index (χ4n) is 3.84. The molecule has 1 aliphatic rings. The molecule has 2 aromatic carbocycles. The lowest BCUT2D eigenvalue weighted by Crippen LogP contribution is -2.51. The number of piperazine rings is 1. The molecule has 0 spiro atoms. The van der Waals surface area contributed by atoms with E-state index < -0.39 is 10.0 Å². The zero-order valence-corrected chi connectivity index (χ0v) is 19.6. The lowest BCUT2D eigenvalue weighted by molar-refractivity contribution is -0.134. The van der Waals surface area contributed by atoms with Crippen LogP contribution in [0.5, 0.6) is 11.5 Å². The first kappa shape index (κ1) is 23.1. The summed E-state index contributed by atoms with van der Waals surface area (Å²) in [6.45, 7) is 8.61. The van der Waals surface area contributed by atoms with Crippen LogP contribution in [0.15, 0.2) is 35.2 Å². The van der Waals surface area contributed by atoms with Crippen molar-refractivity contribution in [2.75, 3.05) is 39.9 Å². The Kier molecular flexibility index (Phi) is 6.91. The highest BCUT2D eigenvalue weighted by atomic mass is 32.2. The van der Waals surface area contributed by atoms with Gasteiger partial charge in [-0.15, -0.1) is 0 Å². The molecule has 1 fully saturated rings. The second kappa shape index (κ2) is 9.28. The van der Waals surface area contributed by atoms with Crippen molar-refractivity contribution >= 4 is 15.9 Å². The number of hydrogen-bond donors (Lipinski definition) is 0. The lowest BCUT2D eigenvalue weighted by Gasteiger charge is -2.34. The highest BCUT2D eigenvalue weighted by Crippen LogP contribution is 2.29. The van der Waals surface area contributed by atoms with Gasteiger partial charge in [-0.2, -0.15) is 4.31 Å². The third-order valence-electron chi connectivity index (χ3n) is 5.91. The Labute approximate surface area is 184 Å². The minimum Gasteiger partial charge on any atom is -0.493 e. The van der Waals surface area contributed by atoms with Crippen molar-refractivity contribution in [1.82, 2.24) is 9.21 Å². The number of carbonyl (C=O) groups excluding carboxylic acids is 1. The molecular formula is C23H30N2O5S. The SMILES string of the molecule is COc1ccccc1OCC(=O)N1CCN(S(=O)(=O)c2c(C)c(C)cc(C)c2C)CC1. The number of amides is 1. The van der Waals surface area contributed by atoms with E-state index in [-0.39, 0.29) is 25.6 Å². The first-order valence-corrected chi connectivity index (χ1v) is 11.7. The predicted octanol–water partition coefficient (Wildman–Crippen LogP) is 2.84. The lowest BCUT2D eigenvalue weighted by atomic mass is 10.0. The first-order valence-electron chi connectivity index (χ1n) is 10.3. The molecule has 1 heterocycles. The van der Waals surface area contributed by atoms with Gasteiger partial charge in [-0.05, 0) is 62.1 Å². The smallest absolute Gasteiger partial charge is 0.260 e. The molecule has 0 saturated carbocycles. The maximum absolute atomic E-state index is 13.4. The standard InChI is InChI=1S/C23H30N2O5S/c1-16-14-17(2)19(4)23(18(16)3)31(27,28)25-12-10-24(11-13-25)22(26)15-30-21-9-7-6-8-20(21)29-5/h6-9,14H,10-13,15H2,1-5H3. The van der Waals surface area contributed by atoms with Crippen molar-refractivity contribution in [3.8, 4) is 11.5 Å². The fourth-order valence-corrected chi connectivity index (χ4v) is 5.84. The summed E-state index contributed by atoms with van der Waals surface area (Å²) in [5, 5.41) is 0. The van der Waals surface area contributed by atoms with Crippen molar-refractivity contribution < 1.29 is 22.7 Å². The summed E-state index contributed by atoms with van der Waals surface area (Å²) in [5.74, 6) is 0.882. The minimum absolute atomic E-state index is 0.123. The number of sulfonamides is 1. The number of aryl methyl sites for hydroxylation is 2. The second-order valence-electron chi connectivity index (χ2n) is 7.81. The molecule has 168 valence electrons. The third kappa shape index (κ3) is 4.70. The largest absolute Gasteiger partial charge is 0.493 e. The quantitative estimate of drug-likeness (QED) is 0.682. The summed E-state index contributed by atoms with van der Waals surface area (Å²) in [6, 6.07) is 9.16. The van der Waals surface area contributed by atoms with Crippen LogP contribution in [-0.2, 0) is 14.8 Å². The zero-order valence-electron chi connectivity index (χ0n) is 18.8. The second-order valence-corrected chi connectivity index (χ2v) is 9.69. The van der Waals surface area contributed by atoms with Gasteiger partial charge in [-0.3, -0.25) is 4.79 Å². The Hall–Kier alpha value is -2.58. The Morgan fingerprint density at radius 2 is 1.48 bits per heavy atom. The minimum atomic E-state index is -3.63. The topological polar surface area (TPSA) is 76.2 Å². The van der Waals surface area contributed by atoms with Gasteiger partial charge < -0.3 is 14.4 Å². The average Bonchev–Trinajstić information content (AvgIpc) is 2.76. The van der Waals surface area contributed by atoms with Crippen LogP contribution in [0, 0.1) is 27.7 Å². The van der Waals surface area contributed by atoms with Crippen LogP contribution in [0.25, 0.3) is 0 Å². The predicted molar refractivity (Wildman–Crippen MR) is 119 cm³/mol. The van der Waals surface area contributed by atoms with E-state index in [0.717, 1.165) is 22.3 Å². The average molecular weight is 447 g/mol. The number of methoxy groups -OCH3 is 1. The zero-order chi connectivity index (χ0) is 22.8. The number of benzene rings is 2. The van der Waals surface area contributed by atoms with Gasteiger partial charge >= 0.3 is 0 Å². The normalized spacial score (nSPS) is 15.1. The molecular weight excluding hydrogens is 416 g/mol. The summed E-state index contributed by atoms with van der Waals surface area (Å²) >= 11 is 0. The van der Waals surface area contributed by atoms with E-state index in [2.05, 4.69) is 0 Å². The fraction of sp³-hybridized carbons (Fsp3) is 0.435. The number of nitrogens with zero attached hydrogens (tertiary/aromatic N) is 2. The van der Waals surface area contributed by atoms with E-state index in [1.807, 2.05) is 45.9 Å². The van der Waals surface area contributed by atoms with E-state index in [0.29, 0.717) is 29.5 Å². The van der Waals surface area contributed by atoms with Crippen molar-refractivity contribution in [2.24, 2.45) is 0 Å².